The van der Waals surface area contributed by atoms with Gasteiger partial charge in [-0.1, -0.05) is 0 Å². The van der Waals surface area contributed by atoms with Gasteiger partial charge in [0, 0.05) is 18.7 Å². The third kappa shape index (κ3) is 2.88. The number of hydrogen-bond acceptors (Lipinski definition) is 6. The minimum Gasteiger partial charge on any atom is -0.369 e. The molecule has 0 bridgehead atoms. The lowest BCUT2D eigenvalue weighted by Gasteiger charge is -2.15. The summed E-state index contributed by atoms with van der Waals surface area (Å²) in [6, 6.07) is 0. The molecule has 1 saturated heterocycles. The largest absolute Gasteiger partial charge is 0.369 e. The van der Waals surface area contributed by atoms with E-state index >= 15 is 0 Å². The highest BCUT2D eigenvalue weighted by molar-refractivity contribution is 5.56. The summed E-state index contributed by atoms with van der Waals surface area (Å²) in [7, 11) is 2.16. The lowest BCUT2D eigenvalue weighted by molar-refractivity contribution is 0.399. The van der Waals surface area contributed by atoms with Gasteiger partial charge in [0.2, 0.25) is 0 Å². The van der Waals surface area contributed by atoms with Crippen molar-refractivity contribution in [2.45, 2.75) is 20.3 Å². The molecule has 0 aliphatic carbocycles. The molecule has 2 rings (SSSR count). The van der Waals surface area contributed by atoms with E-state index in [0.717, 1.165) is 30.3 Å². The van der Waals surface area contributed by atoms with Crippen molar-refractivity contribution in [2.75, 3.05) is 37.4 Å². The molecule has 0 saturated carbocycles. The van der Waals surface area contributed by atoms with E-state index in [1.807, 2.05) is 13.8 Å². The summed E-state index contributed by atoms with van der Waals surface area (Å²) in [5.74, 6) is 8.43. The van der Waals surface area contributed by atoms with Crippen molar-refractivity contribution in [3.05, 3.63) is 11.4 Å². The quantitative estimate of drug-likeness (QED) is 0.540. The molecule has 1 aromatic heterocycles. The number of nitrogens with two attached hydrogens (primary N) is 1. The van der Waals surface area contributed by atoms with Gasteiger partial charge >= 0.3 is 0 Å². The van der Waals surface area contributed by atoms with Gasteiger partial charge in [-0.15, -0.1) is 0 Å². The number of hydrazine groups is 1. The van der Waals surface area contributed by atoms with Gasteiger partial charge in [0.15, 0.2) is 0 Å². The Hall–Kier alpha value is -1.40. The fourth-order valence-corrected chi connectivity index (χ4v) is 2.38. The lowest BCUT2D eigenvalue weighted by Crippen LogP contribution is -2.20. The van der Waals surface area contributed by atoms with E-state index < -0.39 is 0 Å². The molecule has 1 aliphatic heterocycles. The Morgan fingerprint density at radius 2 is 2.06 bits per heavy atom. The maximum atomic E-state index is 5.45. The van der Waals surface area contributed by atoms with Crippen LogP contribution in [0.1, 0.15) is 17.8 Å². The minimum atomic E-state index is 0.688. The second kappa shape index (κ2) is 5.49. The average Bonchev–Trinajstić information content (AvgIpc) is 2.75. The van der Waals surface area contributed by atoms with Crippen LogP contribution in [-0.4, -0.2) is 41.5 Å². The van der Waals surface area contributed by atoms with E-state index in [-0.39, 0.29) is 0 Å². The highest BCUT2D eigenvalue weighted by Crippen LogP contribution is 2.20. The van der Waals surface area contributed by atoms with Gasteiger partial charge in [0.05, 0.1) is 0 Å². The first-order valence-corrected chi connectivity index (χ1v) is 6.34. The first-order valence-electron chi connectivity index (χ1n) is 6.34. The first kappa shape index (κ1) is 13.0. The summed E-state index contributed by atoms with van der Waals surface area (Å²) in [4.78, 5) is 11.0. The zero-order valence-electron chi connectivity index (χ0n) is 11.3. The first-order chi connectivity index (χ1) is 8.60. The lowest BCUT2D eigenvalue weighted by atomic mass is 10.1. The zero-order chi connectivity index (χ0) is 13.1. The van der Waals surface area contributed by atoms with Crippen molar-refractivity contribution in [1.29, 1.82) is 0 Å². The summed E-state index contributed by atoms with van der Waals surface area (Å²) in [6.07, 6.45) is 1.24. The predicted molar refractivity (Wildman–Crippen MR) is 73.4 cm³/mol. The Labute approximate surface area is 108 Å². The Balaban J connectivity index is 2.02. The number of aryl methyl sites for hydroxylation is 1. The number of nitrogen functional groups attached to an aromatic ring is 1. The van der Waals surface area contributed by atoms with Crippen LogP contribution < -0.4 is 16.6 Å². The second-order valence-electron chi connectivity index (χ2n) is 5.04. The van der Waals surface area contributed by atoms with Gasteiger partial charge in [-0.25, -0.2) is 15.8 Å². The zero-order valence-corrected chi connectivity index (χ0v) is 11.3. The van der Waals surface area contributed by atoms with Gasteiger partial charge < -0.3 is 15.6 Å². The fraction of sp³-hybridized carbons (Fsp3) is 0.667. The molecule has 4 N–H and O–H groups in total. The molecule has 6 nitrogen and oxygen atoms in total. The van der Waals surface area contributed by atoms with E-state index in [0.29, 0.717) is 11.7 Å². The highest BCUT2D eigenvalue weighted by atomic mass is 15.3. The van der Waals surface area contributed by atoms with Gasteiger partial charge in [0.25, 0.3) is 0 Å². The van der Waals surface area contributed by atoms with Crippen LogP contribution in [0.2, 0.25) is 0 Å². The molecular weight excluding hydrogens is 228 g/mol. The van der Waals surface area contributed by atoms with Crippen LogP contribution in [0, 0.1) is 19.8 Å². The maximum Gasteiger partial charge on any atom is 0.148 e. The number of anilines is 2. The molecule has 0 aromatic carbocycles. The van der Waals surface area contributed by atoms with Gasteiger partial charge in [0.1, 0.15) is 17.5 Å². The van der Waals surface area contributed by atoms with Crippen molar-refractivity contribution in [3.63, 3.8) is 0 Å². The summed E-state index contributed by atoms with van der Waals surface area (Å²) >= 11 is 0. The van der Waals surface area contributed by atoms with Gasteiger partial charge in [-0.3, -0.25) is 0 Å². The number of likely N-dealkylation sites (tertiary alicyclic amines) is 1. The molecule has 0 radical (unpaired) electrons. The Morgan fingerprint density at radius 1 is 1.33 bits per heavy atom. The van der Waals surface area contributed by atoms with Gasteiger partial charge in [-0.2, -0.15) is 0 Å². The van der Waals surface area contributed by atoms with Crippen LogP contribution in [0.4, 0.5) is 11.6 Å². The molecule has 6 heteroatoms. The normalized spacial score (nSPS) is 20.1. The SMILES string of the molecule is Cc1nc(NN)c(C)c(NCC2CCN(C)C2)n1. The average molecular weight is 250 g/mol. The Kier molecular flexibility index (Phi) is 3.98. The van der Waals surface area contributed by atoms with E-state index in [1.165, 1.54) is 13.0 Å². The van der Waals surface area contributed by atoms with E-state index in [2.05, 4.69) is 32.7 Å². The number of rotatable bonds is 4. The molecule has 1 fully saturated rings. The molecule has 1 atom stereocenters. The second-order valence-corrected chi connectivity index (χ2v) is 5.04. The number of nitrogens with zero attached hydrogens (tertiary/aromatic N) is 3. The van der Waals surface area contributed by atoms with E-state index in [1.54, 1.807) is 0 Å². The number of nitrogens with one attached hydrogen (secondary N) is 2. The van der Waals surface area contributed by atoms with Crippen molar-refractivity contribution in [1.82, 2.24) is 14.9 Å². The smallest absolute Gasteiger partial charge is 0.148 e. The standard InChI is InChI=1S/C12H22N6/c1-8-11(15-9(2)16-12(8)17-13)14-6-10-4-5-18(3)7-10/h10H,4-7,13H2,1-3H3,(H2,14,15,16,17). The summed E-state index contributed by atoms with van der Waals surface area (Å²) in [6.45, 7) is 7.13. The summed E-state index contributed by atoms with van der Waals surface area (Å²) in [5.41, 5.74) is 3.58. The minimum absolute atomic E-state index is 0.688. The molecule has 0 amide bonds. The van der Waals surface area contributed by atoms with Crippen molar-refractivity contribution < 1.29 is 0 Å². The van der Waals surface area contributed by atoms with Crippen LogP contribution in [0.5, 0.6) is 0 Å². The Morgan fingerprint density at radius 3 is 2.67 bits per heavy atom. The topological polar surface area (TPSA) is 79.1 Å². The van der Waals surface area contributed by atoms with E-state index in [4.69, 9.17) is 5.84 Å². The molecule has 0 spiro atoms. The van der Waals surface area contributed by atoms with Gasteiger partial charge in [-0.05, 0) is 39.8 Å². The molecule has 1 unspecified atom stereocenters. The van der Waals surface area contributed by atoms with E-state index in [9.17, 15) is 0 Å². The Bertz CT molecular complexity index is 419. The number of hydrogen-bond donors (Lipinski definition) is 3. The number of aromatic nitrogens is 2. The predicted octanol–water partition coefficient (Wildman–Crippen LogP) is 0.743. The maximum absolute atomic E-state index is 5.45. The molecule has 2 heterocycles. The molecule has 1 aliphatic rings. The third-order valence-electron chi connectivity index (χ3n) is 3.44. The van der Waals surface area contributed by atoms with Crippen molar-refractivity contribution in [2.24, 2.45) is 11.8 Å². The molecule has 18 heavy (non-hydrogen) atoms. The third-order valence-corrected chi connectivity index (χ3v) is 3.44. The summed E-state index contributed by atoms with van der Waals surface area (Å²) in [5, 5.41) is 3.42. The van der Waals surface area contributed by atoms with Crippen LogP contribution in [-0.2, 0) is 0 Å². The molecule has 1 aromatic rings. The fourth-order valence-electron chi connectivity index (χ4n) is 2.38. The van der Waals surface area contributed by atoms with Crippen LogP contribution in [0.15, 0.2) is 0 Å². The van der Waals surface area contributed by atoms with Crippen LogP contribution in [0.3, 0.4) is 0 Å². The van der Waals surface area contributed by atoms with Crippen LogP contribution >= 0.6 is 0 Å². The van der Waals surface area contributed by atoms with Crippen molar-refractivity contribution >= 4 is 11.6 Å². The van der Waals surface area contributed by atoms with Crippen LogP contribution in [0.25, 0.3) is 0 Å². The molecular formula is C12H22N6. The summed E-state index contributed by atoms with van der Waals surface area (Å²) < 4.78 is 0. The monoisotopic (exact) mass is 250 g/mol. The highest BCUT2D eigenvalue weighted by Gasteiger charge is 2.19. The molecule has 100 valence electrons. The van der Waals surface area contributed by atoms with Crippen molar-refractivity contribution in [3.8, 4) is 0 Å².